The van der Waals surface area contributed by atoms with Crippen molar-refractivity contribution in [2.45, 2.75) is 13.8 Å². The lowest BCUT2D eigenvalue weighted by atomic mass is 9.76. The van der Waals surface area contributed by atoms with Crippen LogP contribution < -0.4 is 0 Å². The molecule has 0 bridgehead atoms. The van der Waals surface area contributed by atoms with Gasteiger partial charge in [0.2, 0.25) is 11.6 Å². The molecule has 4 heteroatoms. The third-order valence-corrected chi connectivity index (χ3v) is 3.70. The van der Waals surface area contributed by atoms with Gasteiger partial charge in [0, 0.05) is 11.1 Å². The predicted octanol–water partition coefficient (Wildman–Crippen LogP) is 2.44. The summed E-state index contributed by atoms with van der Waals surface area (Å²) in [4.78, 5) is 24.4. The number of ketones is 2. The van der Waals surface area contributed by atoms with Gasteiger partial charge in [-0.2, -0.15) is 0 Å². The van der Waals surface area contributed by atoms with E-state index in [0.29, 0.717) is 22.7 Å². The van der Waals surface area contributed by atoms with E-state index in [-0.39, 0.29) is 11.3 Å². The number of carbonyl (C=O) groups excluding carboxylic acids is 2. The number of hydrogen-bond acceptors (Lipinski definition) is 4. The minimum Gasteiger partial charge on any atom is -0.508 e. The molecule has 1 N–H and O–H groups in total. The number of fused-ring (bicyclic) bond motifs is 2. The molecule has 19 heavy (non-hydrogen) atoms. The average molecular weight is 256 g/mol. The molecule has 1 heterocycles. The smallest absolute Gasteiger partial charge is 0.234 e. The molecule has 0 saturated heterocycles. The van der Waals surface area contributed by atoms with Gasteiger partial charge >= 0.3 is 0 Å². The summed E-state index contributed by atoms with van der Waals surface area (Å²) in [5.74, 6) is -0.429. The summed E-state index contributed by atoms with van der Waals surface area (Å²) in [5.41, 5.74) is 0.372. The summed E-state index contributed by atoms with van der Waals surface area (Å²) in [6.07, 6.45) is 0. The third kappa shape index (κ3) is 1.34. The molecule has 4 nitrogen and oxygen atoms in total. The molecule has 0 spiro atoms. The van der Waals surface area contributed by atoms with Crippen LogP contribution in [-0.4, -0.2) is 16.7 Å². The number of benzene rings is 1. The molecule has 1 aromatic rings. The van der Waals surface area contributed by atoms with E-state index in [2.05, 4.69) is 6.58 Å². The number of carbonyl (C=O) groups is 2. The van der Waals surface area contributed by atoms with Crippen molar-refractivity contribution in [2.75, 3.05) is 0 Å². The molecular formula is C15H12O4. The van der Waals surface area contributed by atoms with Crippen molar-refractivity contribution in [3.8, 4) is 5.75 Å². The summed E-state index contributed by atoms with van der Waals surface area (Å²) >= 11 is 0. The van der Waals surface area contributed by atoms with Crippen molar-refractivity contribution >= 4 is 17.3 Å². The van der Waals surface area contributed by atoms with Gasteiger partial charge in [-0.05, 0) is 32.0 Å². The Hall–Kier alpha value is -2.36. The van der Waals surface area contributed by atoms with Gasteiger partial charge in [0.25, 0.3) is 0 Å². The maximum Gasteiger partial charge on any atom is 0.234 e. The maximum atomic E-state index is 12.2. The van der Waals surface area contributed by atoms with E-state index >= 15 is 0 Å². The van der Waals surface area contributed by atoms with Crippen molar-refractivity contribution in [1.82, 2.24) is 0 Å². The van der Waals surface area contributed by atoms with Crippen LogP contribution in [0, 0.1) is 5.41 Å². The van der Waals surface area contributed by atoms with Crippen LogP contribution in [0.15, 0.2) is 36.1 Å². The van der Waals surface area contributed by atoms with Crippen LogP contribution in [0.3, 0.4) is 0 Å². The highest BCUT2D eigenvalue weighted by atomic mass is 16.5. The molecule has 0 radical (unpaired) electrons. The molecule has 96 valence electrons. The van der Waals surface area contributed by atoms with E-state index in [1.165, 1.54) is 12.1 Å². The fourth-order valence-electron chi connectivity index (χ4n) is 2.46. The maximum absolute atomic E-state index is 12.2. The van der Waals surface area contributed by atoms with Crippen LogP contribution in [-0.2, 0) is 9.53 Å². The first-order valence-corrected chi connectivity index (χ1v) is 5.88. The highest BCUT2D eigenvalue weighted by Crippen LogP contribution is 2.50. The number of rotatable bonds is 0. The predicted molar refractivity (Wildman–Crippen MR) is 68.4 cm³/mol. The largest absolute Gasteiger partial charge is 0.508 e. The Morgan fingerprint density at radius 3 is 2.53 bits per heavy atom. The fourth-order valence-corrected chi connectivity index (χ4v) is 2.46. The number of hydrogen-bond donors (Lipinski definition) is 1. The summed E-state index contributed by atoms with van der Waals surface area (Å²) in [6.45, 7) is 7.40. The topological polar surface area (TPSA) is 63.6 Å². The van der Waals surface area contributed by atoms with Crippen LogP contribution in [0.2, 0.25) is 0 Å². The number of Topliss-reactive ketones (excluding diaryl/α,β-unsaturated/α-hetero) is 2. The van der Waals surface area contributed by atoms with E-state index in [4.69, 9.17) is 4.74 Å². The van der Waals surface area contributed by atoms with Crippen LogP contribution in [0.5, 0.6) is 5.75 Å². The third-order valence-electron chi connectivity index (χ3n) is 3.70. The highest BCUT2D eigenvalue weighted by molar-refractivity contribution is 6.52. The number of aromatic hydroxyl groups is 1. The fraction of sp³-hybridized carbons (Fsp3) is 0.200. The van der Waals surface area contributed by atoms with Crippen molar-refractivity contribution < 1.29 is 19.4 Å². The monoisotopic (exact) mass is 256 g/mol. The van der Waals surface area contributed by atoms with E-state index < -0.39 is 17.0 Å². The van der Waals surface area contributed by atoms with Crippen LogP contribution in [0.4, 0.5) is 0 Å². The van der Waals surface area contributed by atoms with Crippen LogP contribution >= 0.6 is 0 Å². The summed E-state index contributed by atoms with van der Waals surface area (Å²) < 4.78 is 5.60. The molecule has 0 atom stereocenters. The number of allylic oxidation sites excluding steroid dienone is 1. The molecule has 1 aromatic carbocycles. The quantitative estimate of drug-likeness (QED) is 0.724. The standard InChI is InChI=1S/C15H12O4/c1-7-15(2,3)11-13(18)12(17)10-6-8(16)4-5-9(10)14(11)19-7/h4-6,16H,1H2,2-3H3. The lowest BCUT2D eigenvalue weighted by molar-refractivity contribution is -0.112. The Labute approximate surface area is 110 Å². The summed E-state index contributed by atoms with van der Waals surface area (Å²) in [7, 11) is 0. The lowest BCUT2D eigenvalue weighted by Gasteiger charge is -2.21. The van der Waals surface area contributed by atoms with Crippen molar-refractivity contribution in [2.24, 2.45) is 5.41 Å². The van der Waals surface area contributed by atoms with E-state index in [9.17, 15) is 14.7 Å². The van der Waals surface area contributed by atoms with E-state index in [0.717, 1.165) is 0 Å². The second-order valence-corrected chi connectivity index (χ2v) is 5.24. The molecule has 0 aromatic heterocycles. The van der Waals surface area contributed by atoms with Gasteiger partial charge in [0.1, 0.15) is 17.3 Å². The molecule has 2 aliphatic rings. The normalized spacial score (nSPS) is 20.2. The van der Waals surface area contributed by atoms with Crippen molar-refractivity contribution in [3.05, 3.63) is 47.2 Å². The van der Waals surface area contributed by atoms with Crippen molar-refractivity contribution in [3.63, 3.8) is 0 Å². The van der Waals surface area contributed by atoms with Crippen LogP contribution in [0.1, 0.15) is 29.8 Å². The van der Waals surface area contributed by atoms with Gasteiger partial charge < -0.3 is 9.84 Å². The van der Waals surface area contributed by atoms with E-state index in [1.54, 1.807) is 19.9 Å². The SMILES string of the molecule is C=C1OC2=C(C(=O)C(=O)c3cc(O)ccc32)C1(C)C. The molecule has 0 saturated carbocycles. The van der Waals surface area contributed by atoms with Crippen LogP contribution in [0.25, 0.3) is 5.76 Å². The number of phenols is 1. The second kappa shape index (κ2) is 3.35. The Morgan fingerprint density at radius 2 is 1.84 bits per heavy atom. The van der Waals surface area contributed by atoms with Crippen molar-refractivity contribution in [1.29, 1.82) is 0 Å². The van der Waals surface area contributed by atoms with Gasteiger partial charge in [-0.15, -0.1) is 0 Å². The minimum absolute atomic E-state index is 0.0555. The van der Waals surface area contributed by atoms with Gasteiger partial charge in [-0.25, -0.2) is 0 Å². The first-order chi connectivity index (χ1) is 8.84. The zero-order valence-electron chi connectivity index (χ0n) is 10.6. The average Bonchev–Trinajstić information content (AvgIpc) is 2.58. The zero-order chi connectivity index (χ0) is 13.9. The molecular weight excluding hydrogens is 244 g/mol. The molecule has 0 unspecified atom stereocenters. The van der Waals surface area contributed by atoms with Gasteiger partial charge in [0.15, 0.2) is 0 Å². The molecule has 0 fully saturated rings. The lowest BCUT2D eigenvalue weighted by Crippen LogP contribution is -2.28. The number of ether oxygens (including phenoxy) is 1. The Morgan fingerprint density at radius 1 is 1.16 bits per heavy atom. The van der Waals surface area contributed by atoms with E-state index in [1.807, 2.05) is 0 Å². The molecule has 0 amide bonds. The molecule has 3 rings (SSSR count). The summed E-state index contributed by atoms with van der Waals surface area (Å²) in [6, 6.07) is 4.33. The summed E-state index contributed by atoms with van der Waals surface area (Å²) in [5, 5.41) is 9.45. The van der Waals surface area contributed by atoms with Gasteiger partial charge in [0.05, 0.1) is 11.0 Å². The Kier molecular flexibility index (Phi) is 2.06. The molecule has 1 aliphatic carbocycles. The first kappa shape index (κ1) is 11.7. The first-order valence-electron chi connectivity index (χ1n) is 5.88. The highest BCUT2D eigenvalue weighted by Gasteiger charge is 2.48. The minimum atomic E-state index is -0.683. The zero-order valence-corrected chi connectivity index (χ0v) is 10.6. The number of phenolic OH excluding ortho intramolecular Hbond substituents is 1. The Balaban J connectivity index is 2.35. The second-order valence-electron chi connectivity index (χ2n) is 5.24. The van der Waals surface area contributed by atoms with Gasteiger partial charge in [-0.3, -0.25) is 9.59 Å². The Bertz CT molecular complexity index is 692. The van der Waals surface area contributed by atoms with Gasteiger partial charge in [-0.1, -0.05) is 6.58 Å². The molecule has 1 aliphatic heterocycles.